The lowest BCUT2D eigenvalue weighted by atomic mass is 10.2. The maximum atomic E-state index is 12.2. The highest BCUT2D eigenvalue weighted by Gasteiger charge is 2.07. The number of nitrogens with zero attached hydrogens (tertiary/aromatic N) is 3. The normalized spacial score (nSPS) is 11.2. The topological polar surface area (TPSA) is 49.6 Å². The van der Waals surface area contributed by atoms with Gasteiger partial charge < -0.3 is 10.2 Å². The van der Waals surface area contributed by atoms with Gasteiger partial charge in [-0.1, -0.05) is 17.7 Å². The molecule has 0 atom stereocenters. The van der Waals surface area contributed by atoms with Crippen LogP contribution in [0.2, 0.25) is 5.15 Å². The first-order valence-corrected chi connectivity index (χ1v) is 8.96. The molecular weight excluding hydrogens is 348 g/mol. The fourth-order valence-corrected chi connectivity index (χ4v) is 3.06. The van der Waals surface area contributed by atoms with Gasteiger partial charge in [0.15, 0.2) is 5.15 Å². The summed E-state index contributed by atoms with van der Waals surface area (Å²) in [5.41, 5.74) is 3.31. The van der Waals surface area contributed by atoms with Crippen LogP contribution in [0.1, 0.15) is 19.5 Å². The zero-order valence-corrected chi connectivity index (χ0v) is 15.6. The van der Waals surface area contributed by atoms with Crippen LogP contribution in [0.5, 0.6) is 0 Å². The van der Waals surface area contributed by atoms with Gasteiger partial charge in [0.1, 0.15) is 5.65 Å². The van der Waals surface area contributed by atoms with Gasteiger partial charge in [0.05, 0.1) is 5.69 Å². The lowest BCUT2D eigenvalue weighted by Gasteiger charge is -2.21. The van der Waals surface area contributed by atoms with Crippen molar-refractivity contribution in [3.63, 3.8) is 0 Å². The molecule has 0 aliphatic rings. The zero-order valence-electron chi connectivity index (χ0n) is 14.8. The van der Waals surface area contributed by atoms with Crippen LogP contribution >= 0.6 is 11.6 Å². The van der Waals surface area contributed by atoms with Gasteiger partial charge in [0.25, 0.3) is 0 Å². The number of aromatic nitrogens is 2. The molecule has 3 rings (SSSR count). The molecule has 0 bridgehead atoms. The molecule has 0 saturated carbocycles. The molecule has 2 heterocycles. The molecule has 6 heteroatoms. The second-order valence-electron chi connectivity index (χ2n) is 5.76. The van der Waals surface area contributed by atoms with E-state index in [4.69, 9.17) is 11.6 Å². The van der Waals surface area contributed by atoms with Crippen molar-refractivity contribution in [2.75, 3.05) is 23.3 Å². The fourth-order valence-electron chi connectivity index (χ4n) is 2.82. The summed E-state index contributed by atoms with van der Waals surface area (Å²) in [5.74, 6) is -0.220. The number of rotatable bonds is 6. The molecule has 0 fully saturated rings. The molecule has 0 spiro atoms. The fraction of sp³-hybridized carbons (Fsp3) is 0.200. The van der Waals surface area contributed by atoms with Gasteiger partial charge in [0, 0.05) is 36.7 Å². The minimum Gasteiger partial charge on any atom is -0.372 e. The van der Waals surface area contributed by atoms with Crippen molar-refractivity contribution in [3.05, 3.63) is 65.6 Å². The highest BCUT2D eigenvalue weighted by atomic mass is 35.5. The Kier molecular flexibility index (Phi) is 5.58. The van der Waals surface area contributed by atoms with E-state index in [0.717, 1.165) is 30.1 Å². The summed E-state index contributed by atoms with van der Waals surface area (Å²) in [7, 11) is 0. The summed E-state index contributed by atoms with van der Waals surface area (Å²) in [4.78, 5) is 18.7. The van der Waals surface area contributed by atoms with E-state index >= 15 is 0 Å². The van der Waals surface area contributed by atoms with Gasteiger partial charge in [-0.25, -0.2) is 4.98 Å². The Morgan fingerprint density at radius 2 is 1.92 bits per heavy atom. The summed E-state index contributed by atoms with van der Waals surface area (Å²) in [6, 6.07) is 13.5. The maximum Gasteiger partial charge on any atom is 0.248 e. The molecule has 5 nitrogen and oxygen atoms in total. The highest BCUT2D eigenvalue weighted by Crippen LogP contribution is 2.20. The lowest BCUT2D eigenvalue weighted by molar-refractivity contribution is -0.111. The summed E-state index contributed by atoms with van der Waals surface area (Å²) in [6.07, 6.45) is 4.99. The highest BCUT2D eigenvalue weighted by molar-refractivity contribution is 6.31. The minimum atomic E-state index is -0.220. The number of pyridine rings is 1. The number of imidazole rings is 1. The molecule has 0 saturated heterocycles. The van der Waals surface area contributed by atoms with Crippen molar-refractivity contribution < 1.29 is 4.79 Å². The van der Waals surface area contributed by atoms with E-state index in [9.17, 15) is 4.79 Å². The molecule has 26 heavy (non-hydrogen) atoms. The Morgan fingerprint density at radius 3 is 2.62 bits per heavy atom. The van der Waals surface area contributed by atoms with Crippen molar-refractivity contribution in [2.45, 2.75) is 13.8 Å². The second-order valence-corrected chi connectivity index (χ2v) is 6.12. The van der Waals surface area contributed by atoms with Crippen LogP contribution in [-0.4, -0.2) is 28.4 Å². The number of carbonyl (C=O) groups is 1. The average Bonchev–Trinajstić information content (AvgIpc) is 2.97. The van der Waals surface area contributed by atoms with E-state index in [1.807, 2.05) is 53.1 Å². The van der Waals surface area contributed by atoms with Gasteiger partial charge in [0.2, 0.25) is 5.91 Å². The van der Waals surface area contributed by atoms with E-state index in [2.05, 4.69) is 29.0 Å². The van der Waals surface area contributed by atoms with Gasteiger partial charge >= 0.3 is 0 Å². The monoisotopic (exact) mass is 368 g/mol. The van der Waals surface area contributed by atoms with E-state index in [-0.39, 0.29) is 5.91 Å². The third-order valence-corrected chi connectivity index (χ3v) is 4.46. The van der Waals surface area contributed by atoms with Crippen LogP contribution in [0.15, 0.2) is 54.7 Å². The molecule has 1 aromatic carbocycles. The molecule has 0 unspecified atom stereocenters. The summed E-state index contributed by atoms with van der Waals surface area (Å²) >= 11 is 6.17. The first-order valence-electron chi connectivity index (χ1n) is 8.59. The Balaban J connectivity index is 1.70. The van der Waals surface area contributed by atoms with Gasteiger partial charge in [-0.15, -0.1) is 0 Å². The van der Waals surface area contributed by atoms with E-state index < -0.39 is 0 Å². The van der Waals surface area contributed by atoms with E-state index in [1.54, 1.807) is 6.08 Å². The lowest BCUT2D eigenvalue weighted by Crippen LogP contribution is -2.21. The van der Waals surface area contributed by atoms with Crippen molar-refractivity contribution >= 4 is 40.6 Å². The Hall–Kier alpha value is -2.79. The number of fused-ring (bicyclic) bond motifs is 1. The first-order chi connectivity index (χ1) is 12.6. The number of hydrogen-bond acceptors (Lipinski definition) is 3. The molecule has 3 aromatic rings. The molecule has 2 aromatic heterocycles. The largest absolute Gasteiger partial charge is 0.372 e. The average molecular weight is 369 g/mol. The van der Waals surface area contributed by atoms with Crippen molar-refractivity contribution in [3.8, 4) is 0 Å². The smallest absolute Gasteiger partial charge is 0.248 e. The number of halogens is 1. The number of carbonyl (C=O) groups excluding carboxylic acids is 1. The quantitative estimate of drug-likeness (QED) is 0.652. The van der Waals surface area contributed by atoms with Crippen molar-refractivity contribution in [1.29, 1.82) is 0 Å². The number of amides is 1. The Morgan fingerprint density at radius 1 is 1.19 bits per heavy atom. The SMILES string of the molecule is CCN(CC)c1ccc(NC(=O)/C=C/c2c(Cl)nc3ccccn23)cc1. The van der Waals surface area contributed by atoms with Gasteiger partial charge in [-0.05, 0) is 56.3 Å². The zero-order chi connectivity index (χ0) is 18.5. The minimum absolute atomic E-state index is 0.220. The molecule has 1 N–H and O–H groups in total. The number of nitrogens with one attached hydrogen (secondary N) is 1. The molecule has 0 aliphatic carbocycles. The van der Waals surface area contributed by atoms with Crippen molar-refractivity contribution in [2.24, 2.45) is 0 Å². The van der Waals surface area contributed by atoms with Crippen LogP contribution in [0, 0.1) is 0 Å². The van der Waals surface area contributed by atoms with E-state index in [0.29, 0.717) is 10.8 Å². The standard InChI is InChI=1S/C20H21ClN4O/c1-3-24(4-2)16-10-8-15(9-11-16)22-19(26)13-12-17-20(21)23-18-7-5-6-14-25(17)18/h5-14H,3-4H2,1-2H3,(H,22,26)/b13-12+. The number of benzene rings is 1. The van der Waals surface area contributed by atoms with Gasteiger partial charge in [-0.2, -0.15) is 0 Å². The predicted octanol–water partition coefficient (Wildman–Crippen LogP) is 4.49. The molecule has 1 amide bonds. The summed E-state index contributed by atoms with van der Waals surface area (Å²) in [6.45, 7) is 6.14. The Labute approximate surface area is 157 Å². The first kappa shape index (κ1) is 18.0. The number of hydrogen-bond donors (Lipinski definition) is 1. The third kappa shape index (κ3) is 3.89. The molecular formula is C20H21ClN4O. The third-order valence-electron chi connectivity index (χ3n) is 4.18. The molecule has 134 valence electrons. The van der Waals surface area contributed by atoms with Crippen LogP contribution in [0.25, 0.3) is 11.7 Å². The molecule has 0 aliphatic heterocycles. The maximum absolute atomic E-state index is 12.2. The van der Waals surface area contributed by atoms with Gasteiger partial charge in [-0.3, -0.25) is 9.20 Å². The van der Waals surface area contributed by atoms with Crippen LogP contribution in [-0.2, 0) is 4.79 Å². The van der Waals surface area contributed by atoms with Crippen LogP contribution in [0.4, 0.5) is 11.4 Å². The van der Waals surface area contributed by atoms with Crippen LogP contribution in [0.3, 0.4) is 0 Å². The van der Waals surface area contributed by atoms with Crippen molar-refractivity contribution in [1.82, 2.24) is 9.38 Å². The number of anilines is 2. The summed E-state index contributed by atoms with van der Waals surface area (Å²) in [5, 5.41) is 3.22. The second kappa shape index (κ2) is 8.06. The predicted molar refractivity (Wildman–Crippen MR) is 108 cm³/mol. The summed E-state index contributed by atoms with van der Waals surface area (Å²) < 4.78 is 1.84. The Bertz CT molecular complexity index is 927. The van der Waals surface area contributed by atoms with Crippen LogP contribution < -0.4 is 10.2 Å². The van der Waals surface area contributed by atoms with E-state index in [1.165, 1.54) is 6.08 Å². The molecule has 0 radical (unpaired) electrons.